The highest BCUT2D eigenvalue weighted by Crippen LogP contribution is 2.22. The maximum absolute atomic E-state index is 10.3. The Morgan fingerprint density at radius 3 is 2.36 bits per heavy atom. The minimum absolute atomic E-state index is 0.310. The van der Waals surface area contributed by atoms with Crippen LogP contribution in [0.4, 0.5) is 0 Å². The smallest absolute Gasteiger partial charge is 0.263 e. The van der Waals surface area contributed by atoms with E-state index in [-0.39, 0.29) is 4.92 Å². The molecule has 1 aromatic carbocycles. The Morgan fingerprint density at radius 2 is 1.91 bits per heavy atom. The number of rotatable bonds is 2. The molecule has 0 aliphatic carbocycles. The van der Waals surface area contributed by atoms with Crippen molar-refractivity contribution in [3.63, 3.8) is 0 Å². The van der Waals surface area contributed by atoms with E-state index in [0.717, 1.165) is 5.56 Å². The first-order chi connectivity index (χ1) is 5.22. The van der Waals surface area contributed by atoms with Crippen molar-refractivity contribution in [3.8, 4) is 0 Å². The molecule has 0 heterocycles. The molecule has 0 amide bonds. The van der Waals surface area contributed by atoms with Gasteiger partial charge in [0, 0.05) is 33.1 Å². The third kappa shape index (κ3) is 2.14. The third-order valence-electron chi connectivity index (χ3n) is 1.26. The molecule has 0 aromatic heterocycles. The van der Waals surface area contributed by atoms with Crippen molar-refractivity contribution in [2.24, 2.45) is 0 Å². The molecule has 0 radical (unpaired) electrons. The monoisotopic (exact) mass is 263 g/mol. The van der Waals surface area contributed by atoms with E-state index < -0.39 is 4.05 Å². The quantitative estimate of drug-likeness (QED) is 0.270. The van der Waals surface area contributed by atoms with E-state index in [4.69, 9.17) is 0 Å². The van der Waals surface area contributed by atoms with Gasteiger partial charge in [0.05, 0.1) is 0 Å². The molecule has 0 fully saturated rings. The van der Waals surface area contributed by atoms with E-state index >= 15 is 0 Å². The molecule has 0 aliphatic rings. The van der Waals surface area contributed by atoms with E-state index in [0.29, 0.717) is 0 Å². The van der Waals surface area contributed by atoms with Crippen LogP contribution in [0.25, 0.3) is 0 Å². The predicted molar refractivity (Wildman–Crippen MR) is 50.2 cm³/mol. The van der Waals surface area contributed by atoms with E-state index in [9.17, 15) is 10.1 Å². The van der Waals surface area contributed by atoms with Crippen LogP contribution in [0.5, 0.6) is 0 Å². The van der Waals surface area contributed by atoms with Gasteiger partial charge in [-0.25, -0.2) is 0 Å². The van der Waals surface area contributed by atoms with Gasteiger partial charge in [-0.15, -0.1) is 0 Å². The zero-order chi connectivity index (χ0) is 8.27. The van der Waals surface area contributed by atoms with Crippen molar-refractivity contribution >= 4 is 22.6 Å². The molecule has 0 bridgehead atoms. The highest BCUT2D eigenvalue weighted by Gasteiger charge is 2.16. The van der Waals surface area contributed by atoms with Gasteiger partial charge in [0.1, 0.15) is 0 Å². The number of halogens is 1. The predicted octanol–water partition coefficient (Wildman–Crippen LogP) is 2.40. The van der Waals surface area contributed by atoms with Crippen LogP contribution in [0.2, 0.25) is 0 Å². The number of nitrogens with zero attached hydrogens (tertiary/aromatic N) is 1. The number of hydrogen-bond donors (Lipinski definition) is 0. The van der Waals surface area contributed by atoms with Crippen LogP contribution in [0, 0.1) is 10.1 Å². The Labute approximate surface area is 77.7 Å². The van der Waals surface area contributed by atoms with Crippen LogP contribution in [-0.4, -0.2) is 4.92 Å². The molecule has 1 rings (SSSR count). The number of nitro groups is 1. The molecule has 3 nitrogen and oxygen atoms in total. The van der Waals surface area contributed by atoms with Gasteiger partial charge in [-0.3, -0.25) is 10.1 Å². The SMILES string of the molecule is O=[N+]([O-])C(I)c1ccccc1. The summed E-state index contributed by atoms with van der Waals surface area (Å²) in [4.78, 5) is 9.99. The van der Waals surface area contributed by atoms with Crippen LogP contribution in [0.3, 0.4) is 0 Å². The number of hydrogen-bond acceptors (Lipinski definition) is 2. The number of benzene rings is 1. The molecule has 4 heteroatoms. The molecule has 0 spiro atoms. The Balaban J connectivity index is 2.85. The molecule has 1 unspecified atom stereocenters. The summed E-state index contributed by atoms with van der Waals surface area (Å²) in [5.74, 6) is 0. The first-order valence-electron chi connectivity index (χ1n) is 3.04. The molecule has 11 heavy (non-hydrogen) atoms. The lowest BCUT2D eigenvalue weighted by molar-refractivity contribution is -0.494. The maximum Gasteiger partial charge on any atom is 0.285 e. The summed E-state index contributed by atoms with van der Waals surface area (Å²) in [6, 6.07) is 8.93. The zero-order valence-corrected chi connectivity index (χ0v) is 7.76. The molecule has 0 saturated heterocycles. The van der Waals surface area contributed by atoms with E-state index in [1.807, 2.05) is 6.07 Å². The van der Waals surface area contributed by atoms with Gasteiger partial charge in [-0.05, 0) is 0 Å². The molecule has 1 aromatic rings. The largest absolute Gasteiger partial charge is 0.285 e. The Morgan fingerprint density at radius 1 is 1.36 bits per heavy atom. The van der Waals surface area contributed by atoms with Gasteiger partial charge in [-0.1, -0.05) is 30.3 Å². The van der Waals surface area contributed by atoms with Crippen LogP contribution in [0.15, 0.2) is 30.3 Å². The maximum atomic E-state index is 10.3. The zero-order valence-electron chi connectivity index (χ0n) is 5.61. The standard InChI is InChI=1S/C7H6INO2/c8-7(9(10)11)6-4-2-1-3-5-6/h1-5,7H. The van der Waals surface area contributed by atoms with Gasteiger partial charge in [0.15, 0.2) is 0 Å². The van der Waals surface area contributed by atoms with Gasteiger partial charge in [0.25, 0.3) is 4.05 Å². The van der Waals surface area contributed by atoms with Gasteiger partial charge in [0.2, 0.25) is 0 Å². The van der Waals surface area contributed by atoms with E-state index in [1.165, 1.54) is 0 Å². The molecule has 1 atom stereocenters. The van der Waals surface area contributed by atoms with Gasteiger partial charge < -0.3 is 0 Å². The minimum Gasteiger partial charge on any atom is -0.263 e. The summed E-state index contributed by atoms with van der Waals surface area (Å²) < 4.78 is -0.631. The minimum atomic E-state index is -0.631. The molecule has 0 aliphatic heterocycles. The first-order valence-corrected chi connectivity index (χ1v) is 4.29. The first kappa shape index (κ1) is 8.45. The van der Waals surface area contributed by atoms with Crippen molar-refractivity contribution in [2.75, 3.05) is 0 Å². The highest BCUT2D eigenvalue weighted by molar-refractivity contribution is 14.1. The second-order valence-corrected chi connectivity index (χ2v) is 3.21. The topological polar surface area (TPSA) is 43.1 Å². The van der Waals surface area contributed by atoms with Crippen molar-refractivity contribution in [1.29, 1.82) is 0 Å². The van der Waals surface area contributed by atoms with E-state index in [2.05, 4.69) is 0 Å². The van der Waals surface area contributed by atoms with Crippen LogP contribution in [-0.2, 0) is 0 Å². The highest BCUT2D eigenvalue weighted by atomic mass is 127. The summed E-state index contributed by atoms with van der Waals surface area (Å²) in [6.45, 7) is 0. The molecular formula is C7H6INO2. The lowest BCUT2D eigenvalue weighted by atomic mass is 10.2. The molecule has 58 valence electrons. The van der Waals surface area contributed by atoms with Crippen molar-refractivity contribution in [1.82, 2.24) is 0 Å². The molecular weight excluding hydrogens is 257 g/mol. The normalized spacial score (nSPS) is 12.5. The van der Waals surface area contributed by atoms with Crippen LogP contribution in [0.1, 0.15) is 9.61 Å². The van der Waals surface area contributed by atoms with Crippen molar-refractivity contribution in [2.45, 2.75) is 4.05 Å². The summed E-state index contributed by atoms with van der Waals surface area (Å²) in [5.41, 5.74) is 0.734. The van der Waals surface area contributed by atoms with Crippen LogP contribution < -0.4 is 0 Å². The van der Waals surface area contributed by atoms with Crippen molar-refractivity contribution in [3.05, 3.63) is 46.0 Å². The Hall–Kier alpha value is -0.650. The fraction of sp³-hybridized carbons (Fsp3) is 0.143. The van der Waals surface area contributed by atoms with Crippen molar-refractivity contribution < 1.29 is 4.92 Å². The summed E-state index contributed by atoms with van der Waals surface area (Å²) in [5, 5.41) is 10.3. The summed E-state index contributed by atoms with van der Waals surface area (Å²) >= 11 is 1.80. The number of alkyl halides is 1. The van der Waals surface area contributed by atoms with Crippen LogP contribution >= 0.6 is 22.6 Å². The van der Waals surface area contributed by atoms with E-state index in [1.54, 1.807) is 46.9 Å². The lowest BCUT2D eigenvalue weighted by Crippen LogP contribution is -2.01. The summed E-state index contributed by atoms with van der Waals surface area (Å²) in [6.07, 6.45) is 0. The molecule has 0 saturated carbocycles. The third-order valence-corrected chi connectivity index (χ3v) is 2.43. The fourth-order valence-corrected chi connectivity index (χ4v) is 1.15. The average molecular weight is 263 g/mol. The van der Waals surface area contributed by atoms with Gasteiger partial charge in [-0.2, -0.15) is 0 Å². The summed E-state index contributed by atoms with van der Waals surface area (Å²) in [7, 11) is 0. The molecule has 0 N–H and O–H groups in total. The Bertz CT molecular complexity index is 250. The lowest BCUT2D eigenvalue weighted by Gasteiger charge is -1.99. The second-order valence-electron chi connectivity index (χ2n) is 2.03. The fourth-order valence-electron chi connectivity index (χ4n) is 0.734. The average Bonchev–Trinajstić information content (AvgIpc) is 2.05. The van der Waals surface area contributed by atoms with Gasteiger partial charge >= 0.3 is 0 Å². The second kappa shape index (κ2) is 3.66. The Kier molecular flexibility index (Phi) is 2.81.